The molecule has 5 nitrogen and oxygen atoms in total. The molecule has 1 rings (SSSR count). The van der Waals surface area contributed by atoms with E-state index in [1.165, 1.54) is 20.1 Å². The smallest absolute Gasteiger partial charge is 0.352 e. The molecule has 15 heavy (non-hydrogen) atoms. The predicted octanol–water partition coefficient (Wildman–Crippen LogP) is 0.909. The van der Waals surface area contributed by atoms with Crippen LogP contribution < -0.4 is 0 Å². The van der Waals surface area contributed by atoms with Crippen LogP contribution in [0.2, 0.25) is 0 Å². The third kappa shape index (κ3) is 3.84. The summed E-state index contributed by atoms with van der Waals surface area (Å²) in [5.74, 6) is -0.745. The molecule has 0 spiro atoms. The van der Waals surface area contributed by atoms with E-state index in [0.717, 1.165) is 0 Å². The molecule has 0 saturated carbocycles. The van der Waals surface area contributed by atoms with Crippen molar-refractivity contribution in [3.05, 3.63) is 24.2 Å². The number of hydrogen-bond acceptors (Lipinski definition) is 5. The second kappa shape index (κ2) is 5.19. The van der Waals surface area contributed by atoms with Crippen molar-refractivity contribution in [2.24, 2.45) is 0 Å². The van der Waals surface area contributed by atoms with Crippen LogP contribution in [0.15, 0.2) is 24.2 Å². The Bertz CT molecular complexity index is 316. The first-order valence-corrected chi connectivity index (χ1v) is 4.46. The summed E-state index contributed by atoms with van der Waals surface area (Å²) in [6, 6.07) is 0. The maximum absolute atomic E-state index is 11.3. The lowest BCUT2D eigenvalue weighted by Crippen LogP contribution is -2.25. The van der Waals surface area contributed by atoms with Gasteiger partial charge in [-0.1, -0.05) is 0 Å². The predicted molar refractivity (Wildman–Crippen MR) is 50.5 cm³/mol. The van der Waals surface area contributed by atoms with Crippen molar-refractivity contribution in [2.45, 2.75) is 20.0 Å². The first-order valence-electron chi connectivity index (χ1n) is 4.46. The Morgan fingerprint density at radius 2 is 2.27 bits per heavy atom. The molecule has 1 aliphatic rings. The van der Waals surface area contributed by atoms with E-state index in [2.05, 4.69) is 4.74 Å². The van der Waals surface area contributed by atoms with Crippen LogP contribution in [0.25, 0.3) is 0 Å². The van der Waals surface area contributed by atoms with Crippen molar-refractivity contribution in [3.8, 4) is 0 Å². The van der Waals surface area contributed by atoms with Gasteiger partial charge in [0.1, 0.15) is 12.4 Å². The van der Waals surface area contributed by atoms with E-state index >= 15 is 0 Å². The highest BCUT2D eigenvalue weighted by molar-refractivity contribution is 5.78. The minimum Gasteiger partial charge on any atom is -0.493 e. The molecular weight excluding hydrogens is 200 g/mol. The van der Waals surface area contributed by atoms with E-state index in [4.69, 9.17) is 9.47 Å². The average Bonchev–Trinajstić information content (AvgIpc) is 2.18. The fourth-order valence-electron chi connectivity index (χ4n) is 0.953. The largest absolute Gasteiger partial charge is 0.493 e. The van der Waals surface area contributed by atoms with E-state index in [0.29, 0.717) is 5.76 Å². The Hall–Kier alpha value is -1.78. The molecule has 0 radical (unpaired) electrons. The van der Waals surface area contributed by atoms with E-state index in [9.17, 15) is 9.59 Å². The van der Waals surface area contributed by atoms with Gasteiger partial charge in [-0.25, -0.2) is 4.79 Å². The second-order valence-corrected chi connectivity index (χ2v) is 2.95. The maximum Gasteiger partial charge on any atom is 0.352 e. The van der Waals surface area contributed by atoms with E-state index in [1.54, 1.807) is 12.2 Å². The fraction of sp³-hybridized carbons (Fsp3) is 0.400. The molecule has 0 bridgehead atoms. The third-order valence-electron chi connectivity index (χ3n) is 1.59. The van der Waals surface area contributed by atoms with Gasteiger partial charge in [-0.05, 0) is 19.1 Å². The lowest BCUT2D eigenvalue weighted by atomic mass is 10.4. The van der Waals surface area contributed by atoms with Crippen molar-refractivity contribution in [2.75, 3.05) is 6.61 Å². The van der Waals surface area contributed by atoms with Gasteiger partial charge >= 0.3 is 11.9 Å². The van der Waals surface area contributed by atoms with Crippen molar-refractivity contribution < 1.29 is 23.8 Å². The normalized spacial score (nSPS) is 16.0. The molecule has 0 fully saturated rings. The summed E-state index contributed by atoms with van der Waals surface area (Å²) >= 11 is 0. The van der Waals surface area contributed by atoms with Gasteiger partial charge in [-0.3, -0.25) is 4.79 Å². The quantitative estimate of drug-likeness (QED) is 0.650. The number of carbonyl (C=O) groups excluding carboxylic acids is 2. The summed E-state index contributed by atoms with van der Waals surface area (Å²) < 4.78 is 14.5. The van der Waals surface area contributed by atoms with Gasteiger partial charge < -0.3 is 14.2 Å². The topological polar surface area (TPSA) is 61.8 Å². The Morgan fingerprint density at radius 1 is 1.53 bits per heavy atom. The van der Waals surface area contributed by atoms with E-state index < -0.39 is 18.0 Å². The zero-order valence-corrected chi connectivity index (χ0v) is 8.56. The highest BCUT2D eigenvalue weighted by atomic mass is 16.6. The van der Waals surface area contributed by atoms with Crippen LogP contribution in [0.1, 0.15) is 13.8 Å². The molecule has 1 aliphatic heterocycles. The number of hydrogen-bond donors (Lipinski definition) is 0. The molecule has 0 aromatic rings. The lowest BCUT2D eigenvalue weighted by Gasteiger charge is -2.14. The monoisotopic (exact) mass is 212 g/mol. The van der Waals surface area contributed by atoms with Crippen LogP contribution in [0, 0.1) is 0 Å². The zero-order chi connectivity index (χ0) is 11.3. The number of allylic oxidation sites excluding steroid dienone is 2. The van der Waals surface area contributed by atoms with Crippen LogP contribution in [-0.2, 0) is 23.8 Å². The minimum atomic E-state index is -0.908. The van der Waals surface area contributed by atoms with E-state index in [1.807, 2.05) is 0 Å². The summed E-state index contributed by atoms with van der Waals surface area (Å²) in [4.78, 5) is 21.9. The zero-order valence-electron chi connectivity index (χ0n) is 8.56. The van der Waals surface area contributed by atoms with Gasteiger partial charge in [0.25, 0.3) is 0 Å². The lowest BCUT2D eigenvalue weighted by molar-refractivity contribution is -0.163. The van der Waals surface area contributed by atoms with Crippen LogP contribution in [0.4, 0.5) is 0 Å². The van der Waals surface area contributed by atoms with Gasteiger partial charge in [0.2, 0.25) is 0 Å². The minimum absolute atomic E-state index is 0.203. The summed E-state index contributed by atoms with van der Waals surface area (Å²) in [5, 5.41) is 0. The van der Waals surface area contributed by atoms with Gasteiger partial charge in [-0.15, -0.1) is 0 Å². The summed E-state index contributed by atoms with van der Waals surface area (Å²) in [6.07, 6.45) is 3.81. The first-order chi connectivity index (χ1) is 7.09. The molecule has 0 amide bonds. The van der Waals surface area contributed by atoms with Crippen molar-refractivity contribution >= 4 is 11.9 Å². The van der Waals surface area contributed by atoms with Crippen LogP contribution in [0.3, 0.4) is 0 Å². The summed E-state index contributed by atoms with van der Waals surface area (Å²) in [6.45, 7) is 2.88. The Morgan fingerprint density at radius 3 is 2.80 bits per heavy atom. The molecule has 0 saturated heterocycles. The Balaban J connectivity index is 2.44. The van der Waals surface area contributed by atoms with Gasteiger partial charge in [-0.2, -0.15) is 0 Å². The third-order valence-corrected chi connectivity index (χ3v) is 1.59. The van der Waals surface area contributed by atoms with Crippen LogP contribution in [-0.4, -0.2) is 24.6 Å². The standard InChI is InChI=1S/C10H12O5/c1-7(14-8(2)11)10(12)15-9-4-3-5-13-6-9/h3-5,7H,6H2,1-2H3/t7-/m1/s1. The Labute approximate surface area is 87.3 Å². The van der Waals surface area contributed by atoms with Crippen molar-refractivity contribution in [3.63, 3.8) is 0 Å². The molecule has 5 heteroatoms. The molecular formula is C10H12O5. The maximum atomic E-state index is 11.3. The summed E-state index contributed by atoms with van der Waals surface area (Å²) in [7, 11) is 0. The number of esters is 2. The van der Waals surface area contributed by atoms with Crippen LogP contribution in [0.5, 0.6) is 0 Å². The second-order valence-electron chi connectivity index (χ2n) is 2.95. The van der Waals surface area contributed by atoms with Crippen molar-refractivity contribution in [1.82, 2.24) is 0 Å². The molecule has 0 aromatic carbocycles. The molecule has 0 unspecified atom stereocenters. The number of carbonyl (C=O) groups is 2. The number of rotatable bonds is 3. The highest BCUT2D eigenvalue weighted by Gasteiger charge is 2.19. The molecule has 1 atom stereocenters. The van der Waals surface area contributed by atoms with Crippen molar-refractivity contribution in [1.29, 1.82) is 0 Å². The van der Waals surface area contributed by atoms with Gasteiger partial charge in [0.15, 0.2) is 6.10 Å². The summed E-state index contributed by atoms with van der Waals surface area (Å²) in [5.41, 5.74) is 0. The fourth-order valence-corrected chi connectivity index (χ4v) is 0.953. The highest BCUT2D eigenvalue weighted by Crippen LogP contribution is 2.07. The first kappa shape index (κ1) is 11.3. The van der Waals surface area contributed by atoms with Gasteiger partial charge in [0, 0.05) is 6.92 Å². The van der Waals surface area contributed by atoms with Gasteiger partial charge in [0.05, 0.1) is 6.26 Å². The number of ether oxygens (including phenoxy) is 3. The molecule has 0 aliphatic carbocycles. The average molecular weight is 212 g/mol. The molecule has 1 heterocycles. The molecule has 0 aromatic heterocycles. The molecule has 0 N–H and O–H groups in total. The Kier molecular flexibility index (Phi) is 3.91. The SMILES string of the molecule is CC(=O)O[C@H](C)C(=O)OC1=CC=COC1. The van der Waals surface area contributed by atoms with E-state index in [-0.39, 0.29) is 6.61 Å². The molecule has 82 valence electrons. The van der Waals surface area contributed by atoms with Crippen LogP contribution >= 0.6 is 0 Å².